The Morgan fingerprint density at radius 2 is 1.85 bits per heavy atom. The van der Waals surface area contributed by atoms with E-state index in [9.17, 15) is 9.59 Å². The Morgan fingerprint density at radius 3 is 2.52 bits per heavy atom. The summed E-state index contributed by atoms with van der Waals surface area (Å²) < 4.78 is 10.2. The first-order valence-corrected chi connectivity index (χ1v) is 9.18. The van der Waals surface area contributed by atoms with Crippen molar-refractivity contribution in [2.24, 2.45) is 0 Å². The lowest BCUT2D eigenvalue weighted by Gasteiger charge is -2.06. The maximum Gasteiger partial charge on any atom is 0.291 e. The Hall–Kier alpha value is -2.90. The lowest BCUT2D eigenvalue weighted by atomic mass is 10.1. The molecule has 0 aliphatic heterocycles. The number of aryl methyl sites for hydroxylation is 1. The number of nitrogens with one attached hydrogen (secondary N) is 2. The van der Waals surface area contributed by atoms with Crippen molar-refractivity contribution in [2.75, 3.05) is 12.4 Å². The number of ether oxygens (including phenoxy) is 1. The van der Waals surface area contributed by atoms with Crippen LogP contribution in [0.2, 0.25) is 0 Å². The van der Waals surface area contributed by atoms with E-state index < -0.39 is 0 Å². The van der Waals surface area contributed by atoms with Gasteiger partial charge in [-0.3, -0.25) is 9.59 Å². The van der Waals surface area contributed by atoms with Crippen LogP contribution in [0.3, 0.4) is 0 Å². The molecule has 6 nitrogen and oxygen atoms in total. The van der Waals surface area contributed by atoms with Crippen LogP contribution >= 0.6 is 11.3 Å². The van der Waals surface area contributed by atoms with E-state index in [4.69, 9.17) is 9.15 Å². The molecule has 0 saturated heterocycles. The Bertz CT molecular complexity index is 914. The van der Waals surface area contributed by atoms with Crippen LogP contribution in [-0.4, -0.2) is 18.9 Å². The van der Waals surface area contributed by atoms with E-state index in [1.54, 1.807) is 25.3 Å². The smallest absolute Gasteiger partial charge is 0.291 e. The van der Waals surface area contributed by atoms with Crippen molar-refractivity contribution in [3.63, 3.8) is 0 Å². The molecule has 0 aliphatic carbocycles. The second kappa shape index (κ2) is 8.66. The highest BCUT2D eigenvalue weighted by molar-refractivity contribution is 7.18. The van der Waals surface area contributed by atoms with E-state index in [0.29, 0.717) is 23.0 Å². The van der Waals surface area contributed by atoms with Crippen LogP contribution in [0.1, 0.15) is 36.9 Å². The molecule has 2 amide bonds. The predicted octanol–water partition coefficient (Wildman–Crippen LogP) is 3.98. The van der Waals surface area contributed by atoms with Gasteiger partial charge in [0.2, 0.25) is 0 Å². The molecule has 3 rings (SSSR count). The number of hydrogen-bond acceptors (Lipinski definition) is 5. The summed E-state index contributed by atoms with van der Waals surface area (Å²) in [5.41, 5.74) is 2.89. The largest absolute Gasteiger partial charge is 0.459 e. The van der Waals surface area contributed by atoms with Gasteiger partial charge < -0.3 is 19.8 Å². The summed E-state index contributed by atoms with van der Waals surface area (Å²) in [5.74, 6) is -0.287. The summed E-state index contributed by atoms with van der Waals surface area (Å²) >= 11 is 1.24. The van der Waals surface area contributed by atoms with Gasteiger partial charge >= 0.3 is 0 Å². The van der Waals surface area contributed by atoms with E-state index in [2.05, 4.69) is 10.6 Å². The van der Waals surface area contributed by atoms with Gasteiger partial charge in [-0.2, -0.15) is 0 Å². The van der Waals surface area contributed by atoms with Crippen molar-refractivity contribution >= 4 is 28.2 Å². The third-order valence-corrected chi connectivity index (χ3v) is 5.04. The molecule has 0 radical (unpaired) electrons. The number of benzene rings is 1. The van der Waals surface area contributed by atoms with E-state index in [-0.39, 0.29) is 17.6 Å². The third-order valence-electron chi connectivity index (χ3n) is 3.89. The SMILES string of the molecule is COCc1ccc(CNC(=O)c2sc(NC(=O)c3ccco3)cc2C)cc1. The molecule has 1 aromatic carbocycles. The normalized spacial score (nSPS) is 10.6. The number of rotatable bonds is 7. The molecule has 0 fully saturated rings. The van der Waals surface area contributed by atoms with E-state index in [1.165, 1.54) is 17.6 Å². The standard InChI is InChI=1S/C20H20N2O4S/c1-13-10-17(22-19(23)16-4-3-9-26-16)27-18(13)20(24)21-11-14-5-7-15(8-6-14)12-25-2/h3-10H,11-12H2,1-2H3,(H,21,24)(H,22,23). The fraction of sp³-hybridized carbons (Fsp3) is 0.200. The Morgan fingerprint density at radius 1 is 1.11 bits per heavy atom. The minimum absolute atomic E-state index is 0.169. The topological polar surface area (TPSA) is 80.6 Å². The minimum atomic E-state index is -0.343. The highest BCUT2D eigenvalue weighted by Crippen LogP contribution is 2.27. The molecule has 3 aromatic rings. The van der Waals surface area contributed by atoms with Crippen molar-refractivity contribution in [1.29, 1.82) is 0 Å². The van der Waals surface area contributed by atoms with Crippen LogP contribution in [-0.2, 0) is 17.9 Å². The summed E-state index contributed by atoms with van der Waals surface area (Å²) in [6.45, 7) is 2.83. The molecular formula is C20H20N2O4S. The first-order valence-electron chi connectivity index (χ1n) is 8.37. The van der Waals surface area contributed by atoms with Crippen LogP contribution in [0, 0.1) is 6.92 Å². The zero-order valence-electron chi connectivity index (χ0n) is 15.1. The Labute approximate surface area is 161 Å². The lowest BCUT2D eigenvalue weighted by molar-refractivity contribution is 0.0953. The monoisotopic (exact) mass is 384 g/mol. The average Bonchev–Trinajstić information content (AvgIpc) is 3.31. The number of carbonyl (C=O) groups excluding carboxylic acids is 2. The van der Waals surface area contributed by atoms with Crippen LogP contribution in [0.4, 0.5) is 5.00 Å². The highest BCUT2D eigenvalue weighted by Gasteiger charge is 2.16. The van der Waals surface area contributed by atoms with Crippen molar-refractivity contribution in [2.45, 2.75) is 20.1 Å². The van der Waals surface area contributed by atoms with Crippen LogP contribution < -0.4 is 10.6 Å². The van der Waals surface area contributed by atoms with Gasteiger partial charge in [0.05, 0.1) is 22.7 Å². The maximum atomic E-state index is 12.5. The lowest BCUT2D eigenvalue weighted by Crippen LogP contribution is -2.22. The third kappa shape index (κ3) is 4.84. The predicted molar refractivity (Wildman–Crippen MR) is 104 cm³/mol. The van der Waals surface area contributed by atoms with Gasteiger partial charge in [0.1, 0.15) is 0 Å². The average molecular weight is 384 g/mol. The van der Waals surface area contributed by atoms with Crippen LogP contribution in [0.25, 0.3) is 0 Å². The molecular weight excluding hydrogens is 364 g/mol. The van der Waals surface area contributed by atoms with Crippen molar-refractivity contribution in [3.8, 4) is 0 Å². The van der Waals surface area contributed by atoms with Gasteiger partial charge in [0, 0.05) is 13.7 Å². The van der Waals surface area contributed by atoms with Gasteiger partial charge in [-0.25, -0.2) is 0 Å². The van der Waals surface area contributed by atoms with E-state index in [0.717, 1.165) is 16.7 Å². The number of amides is 2. The zero-order chi connectivity index (χ0) is 19.2. The first kappa shape index (κ1) is 18.9. The summed E-state index contributed by atoms with van der Waals surface area (Å²) in [5, 5.41) is 6.26. The summed E-state index contributed by atoms with van der Waals surface area (Å²) in [6.07, 6.45) is 1.44. The number of anilines is 1. The van der Waals surface area contributed by atoms with Crippen LogP contribution in [0.5, 0.6) is 0 Å². The molecule has 140 valence electrons. The number of hydrogen-bond donors (Lipinski definition) is 2. The molecule has 0 aliphatic rings. The molecule has 2 N–H and O–H groups in total. The van der Waals surface area contributed by atoms with E-state index in [1.807, 2.05) is 31.2 Å². The molecule has 27 heavy (non-hydrogen) atoms. The van der Waals surface area contributed by atoms with Gasteiger partial charge in [-0.1, -0.05) is 24.3 Å². The second-order valence-corrected chi connectivity index (χ2v) is 7.04. The van der Waals surface area contributed by atoms with Gasteiger partial charge in [-0.15, -0.1) is 11.3 Å². The summed E-state index contributed by atoms with van der Waals surface area (Å²) in [7, 11) is 1.66. The molecule has 0 spiro atoms. The number of carbonyl (C=O) groups is 2. The molecule has 0 unspecified atom stereocenters. The number of methoxy groups -OCH3 is 1. The number of thiophene rings is 1. The summed E-state index contributed by atoms with van der Waals surface area (Å²) in [6, 6.07) is 12.9. The quantitative estimate of drug-likeness (QED) is 0.646. The Balaban J connectivity index is 1.59. The molecule has 2 heterocycles. The zero-order valence-corrected chi connectivity index (χ0v) is 15.9. The summed E-state index contributed by atoms with van der Waals surface area (Å²) in [4.78, 5) is 25.1. The minimum Gasteiger partial charge on any atom is -0.459 e. The van der Waals surface area contributed by atoms with Crippen molar-refractivity contribution in [1.82, 2.24) is 5.32 Å². The molecule has 2 aromatic heterocycles. The van der Waals surface area contributed by atoms with Gasteiger partial charge in [0.25, 0.3) is 11.8 Å². The second-order valence-electron chi connectivity index (χ2n) is 5.99. The Kier molecular flexibility index (Phi) is 6.05. The molecule has 0 bridgehead atoms. The van der Waals surface area contributed by atoms with E-state index >= 15 is 0 Å². The maximum absolute atomic E-state index is 12.5. The fourth-order valence-electron chi connectivity index (χ4n) is 2.53. The van der Waals surface area contributed by atoms with Crippen molar-refractivity contribution < 1.29 is 18.7 Å². The number of furan rings is 1. The molecule has 7 heteroatoms. The van der Waals surface area contributed by atoms with Crippen molar-refractivity contribution in [3.05, 3.63) is 76.1 Å². The van der Waals surface area contributed by atoms with Gasteiger partial charge in [-0.05, 0) is 41.8 Å². The molecule has 0 saturated carbocycles. The molecule has 0 atom stereocenters. The van der Waals surface area contributed by atoms with Crippen LogP contribution in [0.15, 0.2) is 53.1 Å². The fourth-order valence-corrected chi connectivity index (χ4v) is 3.52. The van der Waals surface area contributed by atoms with Gasteiger partial charge in [0.15, 0.2) is 5.76 Å². The highest BCUT2D eigenvalue weighted by atomic mass is 32.1. The first-order chi connectivity index (χ1) is 13.1.